The van der Waals surface area contributed by atoms with Crippen molar-refractivity contribution < 1.29 is 9.59 Å². The van der Waals surface area contributed by atoms with Crippen LogP contribution in [0.15, 0.2) is 18.2 Å². The Labute approximate surface area is 123 Å². The van der Waals surface area contributed by atoms with E-state index >= 15 is 0 Å². The minimum absolute atomic E-state index is 0.360. The topological polar surface area (TPSA) is 55.2 Å². The lowest BCUT2D eigenvalue weighted by Gasteiger charge is -2.19. The second kappa shape index (κ2) is 4.55. The van der Waals surface area contributed by atoms with E-state index < -0.39 is 11.7 Å². The van der Waals surface area contributed by atoms with E-state index in [1.54, 1.807) is 15.6 Å². The molecular formula is C16H17N3O2. The number of anilines is 1. The van der Waals surface area contributed by atoms with Gasteiger partial charge in [0, 0.05) is 7.05 Å². The van der Waals surface area contributed by atoms with Gasteiger partial charge in [-0.15, -0.1) is 0 Å². The maximum atomic E-state index is 12.3. The molecule has 0 atom stereocenters. The van der Waals surface area contributed by atoms with Crippen molar-refractivity contribution in [3.63, 3.8) is 0 Å². The number of ketones is 1. The SMILES string of the molecule is Cc1cc(CN2C(=O)C(=O)c3ccc(C)c(C)c32)n(C)n1. The molecule has 21 heavy (non-hydrogen) atoms. The highest BCUT2D eigenvalue weighted by Gasteiger charge is 2.37. The van der Waals surface area contributed by atoms with Crippen molar-refractivity contribution in [2.24, 2.45) is 7.05 Å². The fourth-order valence-electron chi connectivity index (χ4n) is 2.80. The first-order chi connectivity index (χ1) is 9.90. The van der Waals surface area contributed by atoms with E-state index in [2.05, 4.69) is 5.10 Å². The Bertz CT molecular complexity index is 774. The Morgan fingerprint density at radius 1 is 1.14 bits per heavy atom. The van der Waals surface area contributed by atoms with Gasteiger partial charge in [0.05, 0.1) is 29.2 Å². The van der Waals surface area contributed by atoms with Gasteiger partial charge in [-0.3, -0.25) is 19.2 Å². The van der Waals surface area contributed by atoms with Gasteiger partial charge >= 0.3 is 0 Å². The molecule has 0 saturated heterocycles. The van der Waals surface area contributed by atoms with Crippen molar-refractivity contribution in [3.05, 3.63) is 46.3 Å². The summed E-state index contributed by atoms with van der Waals surface area (Å²) in [6.07, 6.45) is 0. The lowest BCUT2D eigenvalue weighted by Crippen LogP contribution is -2.30. The maximum Gasteiger partial charge on any atom is 0.299 e. The largest absolute Gasteiger partial charge is 0.299 e. The molecule has 0 fully saturated rings. The Morgan fingerprint density at radius 3 is 2.48 bits per heavy atom. The summed E-state index contributed by atoms with van der Waals surface area (Å²) in [5.74, 6) is -0.885. The van der Waals surface area contributed by atoms with E-state index in [-0.39, 0.29) is 0 Å². The van der Waals surface area contributed by atoms with Crippen LogP contribution < -0.4 is 4.90 Å². The predicted molar refractivity (Wildman–Crippen MR) is 79.4 cm³/mol. The number of rotatable bonds is 2. The van der Waals surface area contributed by atoms with Crippen LogP contribution in [0.25, 0.3) is 0 Å². The van der Waals surface area contributed by atoms with Gasteiger partial charge in [-0.1, -0.05) is 6.07 Å². The van der Waals surface area contributed by atoms with Crippen LogP contribution in [0.1, 0.15) is 32.9 Å². The number of fused-ring (bicyclic) bond motifs is 1. The molecule has 3 rings (SSSR count). The summed E-state index contributed by atoms with van der Waals surface area (Å²) in [7, 11) is 1.84. The zero-order valence-electron chi connectivity index (χ0n) is 12.6. The molecule has 1 aromatic heterocycles. The molecule has 1 aliphatic rings. The quantitative estimate of drug-likeness (QED) is 0.793. The summed E-state index contributed by atoms with van der Waals surface area (Å²) in [6.45, 7) is 6.19. The second-order valence-corrected chi connectivity index (χ2v) is 5.52. The molecule has 1 aromatic carbocycles. The van der Waals surface area contributed by atoms with Gasteiger partial charge in [-0.2, -0.15) is 5.10 Å². The van der Waals surface area contributed by atoms with Crippen molar-refractivity contribution in [1.82, 2.24) is 9.78 Å². The highest BCUT2D eigenvalue weighted by molar-refractivity contribution is 6.52. The fourth-order valence-corrected chi connectivity index (χ4v) is 2.80. The number of nitrogens with zero attached hydrogens (tertiary/aromatic N) is 3. The van der Waals surface area contributed by atoms with E-state index in [0.717, 1.165) is 28.2 Å². The third kappa shape index (κ3) is 1.96. The highest BCUT2D eigenvalue weighted by atomic mass is 16.2. The number of carbonyl (C=O) groups excluding carboxylic acids is 2. The first-order valence-electron chi connectivity index (χ1n) is 6.86. The molecule has 108 valence electrons. The number of Topliss-reactive ketones (excluding diaryl/α,β-unsaturated/α-hetero) is 1. The second-order valence-electron chi connectivity index (χ2n) is 5.52. The van der Waals surface area contributed by atoms with Gasteiger partial charge in [0.25, 0.3) is 11.7 Å². The third-order valence-corrected chi connectivity index (χ3v) is 4.07. The summed E-state index contributed by atoms with van der Waals surface area (Å²) in [5.41, 5.74) is 5.09. The standard InChI is InChI=1S/C16H17N3O2/c1-9-5-6-13-14(11(9)3)19(16(21)15(13)20)8-12-7-10(2)17-18(12)4/h5-7H,8H2,1-4H3. The van der Waals surface area contributed by atoms with Gasteiger partial charge in [0.15, 0.2) is 0 Å². The molecule has 0 aliphatic carbocycles. The van der Waals surface area contributed by atoms with E-state index in [1.165, 1.54) is 0 Å². The van der Waals surface area contributed by atoms with Crippen LogP contribution in [0, 0.1) is 20.8 Å². The number of benzene rings is 1. The van der Waals surface area contributed by atoms with E-state index in [0.29, 0.717) is 12.1 Å². The molecule has 0 saturated carbocycles. The Kier molecular flexibility index (Phi) is 2.93. The van der Waals surface area contributed by atoms with Gasteiger partial charge in [-0.25, -0.2) is 0 Å². The van der Waals surface area contributed by atoms with Crippen LogP contribution in [-0.2, 0) is 18.4 Å². The zero-order valence-corrected chi connectivity index (χ0v) is 12.6. The predicted octanol–water partition coefficient (Wildman–Crippen LogP) is 2.07. The van der Waals surface area contributed by atoms with Gasteiger partial charge < -0.3 is 0 Å². The molecule has 0 unspecified atom stereocenters. The number of aryl methyl sites for hydroxylation is 3. The molecule has 5 heteroatoms. The molecule has 0 spiro atoms. The van der Waals surface area contributed by atoms with Gasteiger partial charge in [0.1, 0.15) is 0 Å². The lowest BCUT2D eigenvalue weighted by molar-refractivity contribution is -0.114. The fraction of sp³-hybridized carbons (Fsp3) is 0.312. The van der Waals surface area contributed by atoms with Gasteiger partial charge in [0.2, 0.25) is 0 Å². The van der Waals surface area contributed by atoms with Crippen LogP contribution in [0.2, 0.25) is 0 Å². The third-order valence-electron chi connectivity index (χ3n) is 4.07. The van der Waals surface area contributed by atoms with E-state index in [9.17, 15) is 9.59 Å². The Morgan fingerprint density at radius 2 is 1.86 bits per heavy atom. The summed E-state index contributed by atoms with van der Waals surface area (Å²) in [5, 5.41) is 4.29. The summed E-state index contributed by atoms with van der Waals surface area (Å²) in [4.78, 5) is 26.0. The number of hydrogen-bond donors (Lipinski definition) is 0. The monoisotopic (exact) mass is 283 g/mol. The van der Waals surface area contributed by atoms with Crippen molar-refractivity contribution in [3.8, 4) is 0 Å². The molecule has 0 bridgehead atoms. The molecular weight excluding hydrogens is 266 g/mol. The summed E-state index contributed by atoms with van der Waals surface area (Å²) < 4.78 is 1.75. The molecule has 0 N–H and O–H groups in total. The molecule has 1 aliphatic heterocycles. The number of aromatic nitrogens is 2. The van der Waals surface area contributed by atoms with Crippen molar-refractivity contribution in [2.45, 2.75) is 27.3 Å². The average Bonchev–Trinajstić information content (AvgIpc) is 2.87. The highest BCUT2D eigenvalue weighted by Crippen LogP contribution is 2.35. The van der Waals surface area contributed by atoms with Crippen molar-refractivity contribution in [2.75, 3.05) is 4.90 Å². The number of carbonyl (C=O) groups is 2. The average molecular weight is 283 g/mol. The zero-order chi connectivity index (χ0) is 15.3. The smallest absolute Gasteiger partial charge is 0.298 e. The van der Waals surface area contributed by atoms with Crippen molar-refractivity contribution in [1.29, 1.82) is 0 Å². The van der Waals surface area contributed by atoms with E-state index in [4.69, 9.17) is 0 Å². The summed E-state index contributed by atoms with van der Waals surface area (Å²) >= 11 is 0. The number of hydrogen-bond acceptors (Lipinski definition) is 3. The van der Waals surface area contributed by atoms with Crippen LogP contribution in [0.5, 0.6) is 0 Å². The van der Waals surface area contributed by atoms with Gasteiger partial charge in [-0.05, 0) is 44.0 Å². The minimum Gasteiger partial charge on any atom is -0.298 e. The normalized spacial score (nSPS) is 14.0. The minimum atomic E-state index is -0.461. The first kappa shape index (κ1) is 13.5. The van der Waals surface area contributed by atoms with Crippen LogP contribution in [-0.4, -0.2) is 21.5 Å². The molecule has 2 aromatic rings. The van der Waals surface area contributed by atoms with Crippen LogP contribution >= 0.6 is 0 Å². The van der Waals surface area contributed by atoms with E-state index in [1.807, 2.05) is 40.0 Å². The first-order valence-corrected chi connectivity index (χ1v) is 6.86. The van der Waals surface area contributed by atoms with Crippen molar-refractivity contribution >= 4 is 17.4 Å². The maximum absolute atomic E-state index is 12.3. The van der Waals surface area contributed by atoms with Crippen LogP contribution in [0.4, 0.5) is 5.69 Å². The Hall–Kier alpha value is -2.43. The van der Waals surface area contributed by atoms with Crippen LogP contribution in [0.3, 0.4) is 0 Å². The summed E-state index contributed by atoms with van der Waals surface area (Å²) in [6, 6.07) is 5.56. The molecule has 0 radical (unpaired) electrons. The molecule has 5 nitrogen and oxygen atoms in total. The molecule has 1 amide bonds. The molecule has 2 heterocycles. The Balaban J connectivity index is 2.09. The number of amides is 1. The lowest BCUT2D eigenvalue weighted by atomic mass is 10.0.